The summed E-state index contributed by atoms with van der Waals surface area (Å²) in [5.74, 6) is 0. The fourth-order valence-corrected chi connectivity index (χ4v) is 0. The zero-order valence-corrected chi connectivity index (χ0v) is 9.84. The van der Waals surface area contributed by atoms with Gasteiger partial charge in [-0.15, -0.1) is 0 Å². The zero-order valence-electron chi connectivity index (χ0n) is 4.48. The molecule has 10 heavy (non-hydrogen) atoms. The molecule has 0 nitrogen and oxygen atoms in total. The van der Waals surface area contributed by atoms with E-state index in [1.807, 2.05) is 0 Å². The summed E-state index contributed by atoms with van der Waals surface area (Å²) in [5, 5.41) is 0. The summed E-state index contributed by atoms with van der Waals surface area (Å²) >= 11 is 0. The van der Waals surface area contributed by atoms with E-state index in [0.29, 0.717) is 0 Å². The molecule has 0 aromatic heterocycles. The first-order valence-corrected chi connectivity index (χ1v) is 0. The Hall–Kier alpha value is 2.70. The largest absolute Gasteiger partial charge is 3.00 e. The molecule has 0 aromatic rings. The van der Waals surface area contributed by atoms with Crippen LogP contribution in [0, 0.1) is 78.2 Å². The monoisotopic (exact) mass is 456 g/mol. The molecule has 0 heterocycles. The van der Waals surface area contributed by atoms with Crippen LogP contribution in [0.4, 0.5) is 0 Å². The van der Waals surface area contributed by atoms with Gasteiger partial charge in [0.25, 0.3) is 0 Å². The molecule has 0 unspecified atom stereocenters. The van der Waals surface area contributed by atoms with Crippen molar-refractivity contribution in [3.63, 3.8) is 0 Å². The minimum Gasteiger partial charge on any atom is -1.00 e. The first-order valence-electron chi connectivity index (χ1n) is 0. The molecule has 0 bridgehead atoms. The summed E-state index contributed by atoms with van der Waals surface area (Å²) in [6.45, 7) is 0. The predicted molar refractivity (Wildman–Crippen MR) is 0 cm³/mol. The Balaban J connectivity index is 0. The maximum atomic E-state index is 0. The number of hydrogen-bond acceptors (Lipinski definition) is 0. The van der Waals surface area contributed by atoms with Crippen molar-refractivity contribution in [3.05, 3.63) is 0 Å². The van der Waals surface area contributed by atoms with E-state index < -0.39 is 0 Å². The second kappa shape index (κ2) is 183. The van der Waals surface area contributed by atoms with E-state index in [-0.39, 0.29) is 130 Å². The van der Waals surface area contributed by atoms with Gasteiger partial charge >= 0.3 is 97.0 Å². The maximum Gasteiger partial charge on any atom is 3.00 e. The molecule has 68 valence electrons. The molecule has 0 fully saturated rings. The van der Waals surface area contributed by atoms with Crippen LogP contribution in [0.2, 0.25) is 0 Å². The molecule has 0 saturated heterocycles. The van der Waals surface area contributed by atoms with Crippen LogP contribution < -0.4 is 51.8 Å². The van der Waals surface area contributed by atoms with Gasteiger partial charge in [0.15, 0.2) is 0 Å². The van der Waals surface area contributed by atoms with Crippen LogP contribution >= 0.6 is 0 Å². The van der Waals surface area contributed by atoms with Gasteiger partial charge in [0.05, 0.1) is 0 Å². The fraction of sp³-hybridized carbons (Fsp3) is 0. The minimum absolute atomic E-state index is 0. The van der Waals surface area contributed by atoms with E-state index >= 15 is 0 Å². The molecule has 0 aliphatic rings. The Bertz CT molecular complexity index is 13.6. The summed E-state index contributed by atoms with van der Waals surface area (Å²) in [7, 11) is 0. The molecule has 0 amide bonds. The zero-order chi connectivity index (χ0) is 0. The van der Waals surface area contributed by atoms with Crippen molar-refractivity contribution in [2.24, 2.45) is 0 Å². The standard InChI is InChI=1S/7FH.Li.Lu.Pr/h7*1H;;;/q;;;;;;;+1;2*+3/p-7. The first kappa shape index (κ1) is 238. The molecule has 0 saturated carbocycles. The second-order valence-electron chi connectivity index (χ2n) is 0. The Labute approximate surface area is 128 Å². The number of rotatable bonds is 0. The molecule has 0 aliphatic carbocycles. The van der Waals surface area contributed by atoms with Crippen molar-refractivity contribution in [1.82, 2.24) is 0 Å². The third-order valence-corrected chi connectivity index (χ3v) is 0. The van der Waals surface area contributed by atoms with E-state index in [2.05, 4.69) is 0 Å². The summed E-state index contributed by atoms with van der Waals surface area (Å²) in [4.78, 5) is 0. The quantitative estimate of drug-likeness (QED) is 0.251. The van der Waals surface area contributed by atoms with E-state index in [9.17, 15) is 0 Å². The van der Waals surface area contributed by atoms with Crippen LogP contribution in [-0.4, -0.2) is 0 Å². The number of halogens is 7. The van der Waals surface area contributed by atoms with Gasteiger partial charge in [0.1, 0.15) is 0 Å². The van der Waals surface area contributed by atoms with Gasteiger partial charge in [-0.2, -0.15) is 0 Å². The molecule has 0 aromatic carbocycles. The molecule has 0 aliphatic heterocycles. The average molecular weight is 456 g/mol. The number of hydrogen-bond donors (Lipinski definition) is 0. The van der Waals surface area contributed by atoms with Crippen LogP contribution in [0.3, 0.4) is 0 Å². The maximum absolute atomic E-state index is 0. The van der Waals surface area contributed by atoms with E-state index in [1.54, 1.807) is 0 Å². The average Bonchev–Trinajstić information content (AvgIpc) is 0. The SMILES string of the molecule is [F-].[F-].[F-].[F-].[F-].[F-].[F-].[Li+].[Lu+3].[Pr+3]. The summed E-state index contributed by atoms with van der Waals surface area (Å²) in [6, 6.07) is 0. The predicted octanol–water partition coefficient (Wildman–Crippen LogP) is -24.0. The van der Waals surface area contributed by atoms with Gasteiger partial charge in [-0.3, -0.25) is 0 Å². The molecular formula is F7LiLuPr. The third kappa shape index (κ3) is 138. The second-order valence-corrected chi connectivity index (χ2v) is 0. The fourth-order valence-electron chi connectivity index (χ4n) is 0. The van der Waals surface area contributed by atoms with Gasteiger partial charge in [-0.05, 0) is 0 Å². The molecule has 0 atom stereocenters. The van der Waals surface area contributed by atoms with Crippen molar-refractivity contribution in [2.75, 3.05) is 0 Å². The van der Waals surface area contributed by atoms with Gasteiger partial charge < -0.3 is 32.9 Å². The van der Waals surface area contributed by atoms with Crippen LogP contribution in [0.5, 0.6) is 0 Å². The van der Waals surface area contributed by atoms with Crippen molar-refractivity contribution in [1.29, 1.82) is 0 Å². The summed E-state index contributed by atoms with van der Waals surface area (Å²) in [5.41, 5.74) is 0. The molecule has 0 rings (SSSR count). The van der Waals surface area contributed by atoms with Crippen molar-refractivity contribution >= 4 is 0 Å². The van der Waals surface area contributed by atoms with E-state index in [4.69, 9.17) is 0 Å². The topological polar surface area (TPSA) is 0 Å². The first-order chi connectivity index (χ1) is 0. The Morgan fingerprint density at radius 1 is 0.400 bits per heavy atom. The normalized spacial score (nSPS) is 0. The molecule has 0 N–H and O–H groups in total. The van der Waals surface area contributed by atoms with E-state index in [0.717, 1.165) is 0 Å². The van der Waals surface area contributed by atoms with E-state index in [1.165, 1.54) is 0 Å². The Kier molecular flexibility index (Phi) is 4360. The molecular weight excluding hydrogens is 456 g/mol. The minimum atomic E-state index is 0. The van der Waals surface area contributed by atoms with Gasteiger partial charge in [-0.25, -0.2) is 0 Å². The van der Waals surface area contributed by atoms with Crippen LogP contribution in [0.15, 0.2) is 0 Å². The Morgan fingerprint density at radius 3 is 0.400 bits per heavy atom. The molecule has 0 radical (unpaired) electrons. The molecule has 0 spiro atoms. The van der Waals surface area contributed by atoms with Gasteiger partial charge in [0.2, 0.25) is 0 Å². The van der Waals surface area contributed by atoms with Crippen LogP contribution in [0.25, 0.3) is 0 Å². The van der Waals surface area contributed by atoms with Gasteiger partial charge in [0, 0.05) is 0 Å². The molecule has 10 heteroatoms. The van der Waals surface area contributed by atoms with Crippen LogP contribution in [-0.2, 0) is 0 Å². The van der Waals surface area contributed by atoms with Crippen LogP contribution in [0.1, 0.15) is 0 Å². The van der Waals surface area contributed by atoms with Crippen molar-refractivity contribution < 1.29 is 130 Å². The van der Waals surface area contributed by atoms with Gasteiger partial charge in [-0.1, -0.05) is 0 Å². The smallest absolute Gasteiger partial charge is 1.00 e. The third-order valence-electron chi connectivity index (χ3n) is 0. The summed E-state index contributed by atoms with van der Waals surface area (Å²) in [6.07, 6.45) is 0. The van der Waals surface area contributed by atoms with Crippen molar-refractivity contribution in [3.8, 4) is 0 Å². The van der Waals surface area contributed by atoms with Crippen molar-refractivity contribution in [2.45, 2.75) is 0 Å². The summed E-state index contributed by atoms with van der Waals surface area (Å²) < 4.78 is 0. The Morgan fingerprint density at radius 2 is 0.400 bits per heavy atom.